The van der Waals surface area contributed by atoms with Crippen LogP contribution in [0.1, 0.15) is 11.5 Å². The summed E-state index contributed by atoms with van der Waals surface area (Å²) in [4.78, 5) is 6.34. The lowest BCUT2D eigenvalue weighted by Gasteiger charge is -2.25. The van der Waals surface area contributed by atoms with Crippen LogP contribution in [0, 0.1) is 0 Å². The molecule has 0 spiro atoms. The fraction of sp³-hybridized carbons (Fsp3) is 0.429. The predicted octanol–water partition coefficient (Wildman–Crippen LogP) is 2.16. The van der Waals surface area contributed by atoms with Crippen molar-refractivity contribution in [2.45, 2.75) is 12.7 Å². The SMILES string of the molecule is FC(F)(F)c1cccc(-c2noc(CN3CCNCC3)n2)c1. The molecule has 1 aliphatic rings. The molecule has 1 aliphatic heterocycles. The Labute approximate surface area is 125 Å². The van der Waals surface area contributed by atoms with E-state index in [4.69, 9.17) is 4.52 Å². The number of alkyl halides is 3. The first kappa shape index (κ1) is 15.0. The third kappa shape index (κ3) is 3.45. The van der Waals surface area contributed by atoms with Crippen LogP contribution in [0.5, 0.6) is 0 Å². The van der Waals surface area contributed by atoms with E-state index >= 15 is 0 Å². The standard InChI is InChI=1S/C14H15F3N4O/c15-14(16,17)11-3-1-2-10(8-11)13-19-12(22-20-13)9-21-6-4-18-5-7-21/h1-3,8,18H,4-7,9H2. The van der Waals surface area contributed by atoms with Crippen LogP contribution in [0.15, 0.2) is 28.8 Å². The molecule has 0 bridgehead atoms. The van der Waals surface area contributed by atoms with Gasteiger partial charge in [-0.05, 0) is 12.1 Å². The Bertz CT molecular complexity index is 635. The lowest BCUT2D eigenvalue weighted by Crippen LogP contribution is -2.42. The molecule has 0 radical (unpaired) electrons. The quantitative estimate of drug-likeness (QED) is 0.941. The van der Waals surface area contributed by atoms with Crippen LogP contribution in [0.25, 0.3) is 11.4 Å². The number of hydrogen-bond donors (Lipinski definition) is 1. The summed E-state index contributed by atoms with van der Waals surface area (Å²) >= 11 is 0. The van der Waals surface area contributed by atoms with Crippen molar-refractivity contribution in [1.82, 2.24) is 20.4 Å². The molecule has 22 heavy (non-hydrogen) atoms. The topological polar surface area (TPSA) is 54.2 Å². The Morgan fingerprint density at radius 2 is 2.00 bits per heavy atom. The molecule has 3 rings (SSSR count). The van der Waals surface area contributed by atoms with Gasteiger partial charge in [-0.2, -0.15) is 18.2 Å². The summed E-state index contributed by atoms with van der Waals surface area (Å²) in [5.74, 6) is 0.588. The summed E-state index contributed by atoms with van der Waals surface area (Å²) in [6, 6.07) is 4.92. The van der Waals surface area contributed by atoms with E-state index in [-0.39, 0.29) is 5.82 Å². The molecule has 0 aliphatic carbocycles. The van der Waals surface area contributed by atoms with Gasteiger partial charge in [-0.1, -0.05) is 17.3 Å². The van der Waals surface area contributed by atoms with Gasteiger partial charge in [0.1, 0.15) is 0 Å². The minimum absolute atomic E-state index is 0.177. The molecule has 2 aromatic rings. The van der Waals surface area contributed by atoms with Crippen molar-refractivity contribution in [2.24, 2.45) is 0 Å². The van der Waals surface area contributed by atoms with Crippen molar-refractivity contribution in [2.75, 3.05) is 26.2 Å². The Kier molecular flexibility index (Phi) is 4.12. The second-order valence-corrected chi connectivity index (χ2v) is 5.12. The average Bonchev–Trinajstić information content (AvgIpc) is 2.96. The van der Waals surface area contributed by atoms with Gasteiger partial charge in [0, 0.05) is 31.7 Å². The summed E-state index contributed by atoms with van der Waals surface area (Å²) in [6.45, 7) is 4.05. The molecule has 0 amide bonds. The van der Waals surface area contributed by atoms with E-state index in [0.29, 0.717) is 18.0 Å². The molecular weight excluding hydrogens is 297 g/mol. The van der Waals surface area contributed by atoms with E-state index in [1.54, 1.807) is 0 Å². The normalized spacial score (nSPS) is 16.9. The second kappa shape index (κ2) is 6.05. The highest BCUT2D eigenvalue weighted by Crippen LogP contribution is 2.31. The minimum Gasteiger partial charge on any atom is -0.338 e. The third-order valence-corrected chi connectivity index (χ3v) is 3.48. The summed E-state index contributed by atoms with van der Waals surface area (Å²) in [5, 5.41) is 7.02. The van der Waals surface area contributed by atoms with Crippen molar-refractivity contribution in [3.8, 4) is 11.4 Å². The van der Waals surface area contributed by atoms with Gasteiger partial charge in [-0.15, -0.1) is 0 Å². The maximum absolute atomic E-state index is 12.7. The molecule has 8 heteroatoms. The van der Waals surface area contributed by atoms with Crippen LogP contribution in [-0.4, -0.2) is 41.2 Å². The number of nitrogens with one attached hydrogen (secondary N) is 1. The van der Waals surface area contributed by atoms with Gasteiger partial charge in [0.15, 0.2) is 0 Å². The van der Waals surface area contributed by atoms with Gasteiger partial charge in [-0.3, -0.25) is 4.90 Å². The zero-order valence-corrected chi connectivity index (χ0v) is 11.7. The first-order valence-corrected chi connectivity index (χ1v) is 6.96. The van der Waals surface area contributed by atoms with Crippen LogP contribution in [-0.2, 0) is 12.7 Å². The molecule has 0 unspecified atom stereocenters. The van der Waals surface area contributed by atoms with E-state index in [1.807, 2.05) is 0 Å². The molecule has 5 nitrogen and oxygen atoms in total. The van der Waals surface area contributed by atoms with Crippen molar-refractivity contribution in [3.05, 3.63) is 35.7 Å². The number of benzene rings is 1. The van der Waals surface area contributed by atoms with E-state index < -0.39 is 11.7 Å². The Morgan fingerprint density at radius 1 is 1.23 bits per heavy atom. The summed E-state index contributed by atoms with van der Waals surface area (Å²) < 4.78 is 43.3. The molecule has 0 saturated carbocycles. The van der Waals surface area contributed by atoms with Crippen molar-refractivity contribution < 1.29 is 17.7 Å². The fourth-order valence-electron chi connectivity index (χ4n) is 2.33. The molecule has 118 valence electrons. The van der Waals surface area contributed by atoms with Gasteiger partial charge in [0.2, 0.25) is 11.7 Å². The fourth-order valence-corrected chi connectivity index (χ4v) is 2.33. The average molecular weight is 312 g/mol. The molecular formula is C14H15F3N4O. The number of nitrogens with zero attached hydrogens (tertiary/aromatic N) is 3. The number of hydrogen-bond acceptors (Lipinski definition) is 5. The van der Waals surface area contributed by atoms with Crippen LogP contribution in [0.4, 0.5) is 13.2 Å². The van der Waals surface area contributed by atoms with Gasteiger partial charge < -0.3 is 9.84 Å². The van der Waals surface area contributed by atoms with Gasteiger partial charge in [0.25, 0.3) is 0 Å². The highest BCUT2D eigenvalue weighted by Gasteiger charge is 2.30. The molecule has 1 aromatic carbocycles. The first-order chi connectivity index (χ1) is 10.5. The maximum Gasteiger partial charge on any atom is 0.416 e. The summed E-state index contributed by atoms with van der Waals surface area (Å²) in [7, 11) is 0. The first-order valence-electron chi connectivity index (χ1n) is 6.96. The van der Waals surface area contributed by atoms with Crippen molar-refractivity contribution >= 4 is 0 Å². The molecule has 1 fully saturated rings. The Morgan fingerprint density at radius 3 is 2.73 bits per heavy atom. The van der Waals surface area contributed by atoms with E-state index in [1.165, 1.54) is 12.1 Å². The van der Waals surface area contributed by atoms with Gasteiger partial charge in [-0.25, -0.2) is 0 Å². The van der Waals surface area contributed by atoms with Gasteiger partial charge in [0.05, 0.1) is 12.1 Å². The Hall–Kier alpha value is -1.93. The van der Waals surface area contributed by atoms with Crippen LogP contribution in [0.3, 0.4) is 0 Å². The lowest BCUT2D eigenvalue weighted by atomic mass is 10.1. The zero-order chi connectivity index (χ0) is 15.6. The maximum atomic E-state index is 12.7. The predicted molar refractivity (Wildman–Crippen MR) is 72.9 cm³/mol. The largest absolute Gasteiger partial charge is 0.416 e. The number of halogens is 3. The van der Waals surface area contributed by atoms with E-state index in [2.05, 4.69) is 20.4 Å². The number of aromatic nitrogens is 2. The van der Waals surface area contributed by atoms with Crippen LogP contribution >= 0.6 is 0 Å². The summed E-state index contributed by atoms with van der Waals surface area (Å²) in [5.41, 5.74) is -0.427. The van der Waals surface area contributed by atoms with E-state index in [0.717, 1.165) is 38.3 Å². The molecule has 1 aromatic heterocycles. The minimum atomic E-state index is -4.39. The molecule has 1 saturated heterocycles. The third-order valence-electron chi connectivity index (χ3n) is 3.48. The second-order valence-electron chi connectivity index (χ2n) is 5.12. The zero-order valence-electron chi connectivity index (χ0n) is 11.7. The molecule has 0 atom stereocenters. The monoisotopic (exact) mass is 312 g/mol. The van der Waals surface area contributed by atoms with E-state index in [9.17, 15) is 13.2 Å². The van der Waals surface area contributed by atoms with Crippen LogP contribution < -0.4 is 5.32 Å². The van der Waals surface area contributed by atoms with Crippen molar-refractivity contribution in [1.29, 1.82) is 0 Å². The smallest absolute Gasteiger partial charge is 0.338 e. The van der Waals surface area contributed by atoms with Gasteiger partial charge >= 0.3 is 6.18 Å². The van der Waals surface area contributed by atoms with Crippen molar-refractivity contribution in [3.63, 3.8) is 0 Å². The lowest BCUT2D eigenvalue weighted by molar-refractivity contribution is -0.137. The number of piperazine rings is 1. The molecule has 2 heterocycles. The molecule has 1 N–H and O–H groups in total. The van der Waals surface area contributed by atoms with Crippen LogP contribution in [0.2, 0.25) is 0 Å². The number of rotatable bonds is 3. The summed E-state index contributed by atoms with van der Waals surface area (Å²) in [6.07, 6.45) is -4.39. The highest BCUT2D eigenvalue weighted by molar-refractivity contribution is 5.55. The highest BCUT2D eigenvalue weighted by atomic mass is 19.4. The Balaban J connectivity index is 1.75.